The summed E-state index contributed by atoms with van der Waals surface area (Å²) >= 11 is 11.9. The monoisotopic (exact) mass is 327 g/mol. The first kappa shape index (κ1) is 14.6. The molecule has 1 aromatic heterocycles. The summed E-state index contributed by atoms with van der Waals surface area (Å²) in [5.74, 6) is 1.40. The number of ether oxygens (including phenoxy) is 1. The second-order valence-electron chi connectivity index (χ2n) is 5.24. The van der Waals surface area contributed by atoms with E-state index in [9.17, 15) is 0 Å². The van der Waals surface area contributed by atoms with Crippen molar-refractivity contribution < 1.29 is 9.26 Å². The van der Waals surface area contributed by atoms with Crippen LogP contribution in [-0.4, -0.2) is 10.1 Å². The average Bonchev–Trinajstić information content (AvgIpc) is 3.10. The molecule has 2 aromatic rings. The van der Waals surface area contributed by atoms with Gasteiger partial charge in [0.2, 0.25) is 0 Å². The van der Waals surface area contributed by atoms with Gasteiger partial charge in [0.1, 0.15) is 5.75 Å². The second-order valence-corrected chi connectivity index (χ2v) is 6.08. The lowest BCUT2D eigenvalue weighted by molar-refractivity contribution is 0.241. The first-order valence-electron chi connectivity index (χ1n) is 6.77. The molecule has 0 radical (unpaired) electrons. The largest absolute Gasteiger partial charge is 0.482 e. The third kappa shape index (κ3) is 3.15. The van der Waals surface area contributed by atoms with Crippen LogP contribution in [0, 0.1) is 0 Å². The highest BCUT2D eigenvalue weighted by Gasteiger charge is 2.35. The van der Waals surface area contributed by atoms with Gasteiger partial charge in [0.25, 0.3) is 5.89 Å². The standard InChI is InChI=1S/C14H15Cl2N3O2/c15-9-3-4-10(16)11(7-9)20-8-12-18-13(19-21-12)14(17)5-1-2-6-14/h3-4,7H,1-2,5-6,8,17H2. The lowest BCUT2D eigenvalue weighted by Gasteiger charge is -2.17. The van der Waals surface area contributed by atoms with Crippen molar-refractivity contribution in [1.29, 1.82) is 0 Å². The van der Waals surface area contributed by atoms with Crippen molar-refractivity contribution in [2.24, 2.45) is 5.73 Å². The molecular weight excluding hydrogens is 313 g/mol. The molecule has 21 heavy (non-hydrogen) atoms. The zero-order valence-corrected chi connectivity index (χ0v) is 12.8. The number of halogens is 2. The molecule has 1 heterocycles. The van der Waals surface area contributed by atoms with Crippen LogP contribution in [0.15, 0.2) is 22.7 Å². The molecule has 1 aromatic carbocycles. The van der Waals surface area contributed by atoms with Crippen LogP contribution in [0.5, 0.6) is 5.75 Å². The molecule has 1 fully saturated rings. The lowest BCUT2D eigenvalue weighted by atomic mass is 9.99. The number of rotatable bonds is 4. The number of nitrogens with two attached hydrogens (primary N) is 1. The first-order chi connectivity index (χ1) is 10.1. The summed E-state index contributed by atoms with van der Waals surface area (Å²) < 4.78 is 10.8. The van der Waals surface area contributed by atoms with E-state index in [-0.39, 0.29) is 6.61 Å². The summed E-state index contributed by atoms with van der Waals surface area (Å²) in [7, 11) is 0. The van der Waals surface area contributed by atoms with Crippen LogP contribution in [-0.2, 0) is 12.1 Å². The van der Waals surface area contributed by atoms with Crippen molar-refractivity contribution in [3.05, 3.63) is 40.0 Å². The predicted molar refractivity (Wildman–Crippen MR) is 79.4 cm³/mol. The van der Waals surface area contributed by atoms with Gasteiger partial charge in [-0.05, 0) is 25.0 Å². The fraction of sp³-hybridized carbons (Fsp3) is 0.429. The Morgan fingerprint density at radius 3 is 2.81 bits per heavy atom. The number of aromatic nitrogens is 2. The van der Waals surface area contributed by atoms with Crippen LogP contribution in [0.25, 0.3) is 0 Å². The van der Waals surface area contributed by atoms with Crippen molar-refractivity contribution in [1.82, 2.24) is 10.1 Å². The maximum Gasteiger partial charge on any atom is 0.264 e. The quantitative estimate of drug-likeness (QED) is 0.926. The van der Waals surface area contributed by atoms with E-state index in [1.807, 2.05) is 0 Å². The Morgan fingerprint density at radius 1 is 1.29 bits per heavy atom. The van der Waals surface area contributed by atoms with Crippen molar-refractivity contribution in [2.45, 2.75) is 37.8 Å². The third-order valence-corrected chi connectivity index (χ3v) is 4.20. The fourth-order valence-corrected chi connectivity index (χ4v) is 2.81. The number of benzene rings is 1. The number of nitrogens with zero attached hydrogens (tertiary/aromatic N) is 2. The Hall–Kier alpha value is -1.30. The van der Waals surface area contributed by atoms with Crippen LogP contribution in [0.3, 0.4) is 0 Å². The van der Waals surface area contributed by atoms with E-state index in [4.69, 9.17) is 38.2 Å². The van der Waals surface area contributed by atoms with Gasteiger partial charge in [-0.2, -0.15) is 4.98 Å². The van der Waals surface area contributed by atoms with Crippen LogP contribution in [0.1, 0.15) is 37.4 Å². The molecule has 3 rings (SSSR count). The van der Waals surface area contributed by atoms with Gasteiger partial charge < -0.3 is 15.0 Å². The molecule has 7 heteroatoms. The summed E-state index contributed by atoms with van der Waals surface area (Å²) in [6.07, 6.45) is 3.95. The molecule has 1 aliphatic rings. The van der Waals surface area contributed by atoms with E-state index in [0.29, 0.717) is 27.5 Å². The van der Waals surface area contributed by atoms with Gasteiger partial charge in [0.15, 0.2) is 12.4 Å². The number of hydrogen-bond acceptors (Lipinski definition) is 5. The molecule has 5 nitrogen and oxygen atoms in total. The van der Waals surface area contributed by atoms with Gasteiger partial charge in [-0.1, -0.05) is 41.2 Å². The van der Waals surface area contributed by atoms with Crippen molar-refractivity contribution in [2.75, 3.05) is 0 Å². The van der Waals surface area contributed by atoms with Gasteiger partial charge in [-0.15, -0.1) is 0 Å². The maximum absolute atomic E-state index is 6.28. The highest BCUT2D eigenvalue weighted by atomic mass is 35.5. The van der Waals surface area contributed by atoms with E-state index in [2.05, 4.69) is 10.1 Å². The molecule has 2 N–H and O–H groups in total. The summed E-state index contributed by atoms with van der Waals surface area (Å²) in [6.45, 7) is 0.128. The maximum atomic E-state index is 6.28. The van der Waals surface area contributed by atoms with E-state index < -0.39 is 5.54 Å². The van der Waals surface area contributed by atoms with E-state index in [1.54, 1.807) is 18.2 Å². The Kier molecular flexibility index (Phi) is 4.06. The molecule has 1 aliphatic carbocycles. The van der Waals surface area contributed by atoms with Gasteiger partial charge in [-0.3, -0.25) is 0 Å². The Morgan fingerprint density at radius 2 is 2.05 bits per heavy atom. The minimum Gasteiger partial charge on any atom is -0.482 e. The Labute approximate surface area is 132 Å². The Bertz CT molecular complexity index is 639. The molecule has 0 saturated heterocycles. The molecular formula is C14H15Cl2N3O2. The highest BCUT2D eigenvalue weighted by molar-refractivity contribution is 6.34. The van der Waals surface area contributed by atoms with Crippen molar-refractivity contribution in [3.63, 3.8) is 0 Å². The van der Waals surface area contributed by atoms with Crippen LogP contribution in [0.2, 0.25) is 10.0 Å². The predicted octanol–water partition coefficient (Wildman–Crippen LogP) is 3.68. The highest BCUT2D eigenvalue weighted by Crippen LogP contribution is 2.34. The minimum atomic E-state index is -0.463. The van der Waals surface area contributed by atoms with Gasteiger partial charge in [0.05, 0.1) is 10.6 Å². The number of hydrogen-bond donors (Lipinski definition) is 1. The molecule has 0 atom stereocenters. The molecule has 0 amide bonds. The summed E-state index contributed by atoms with van der Waals surface area (Å²) in [6, 6.07) is 5.01. The third-order valence-electron chi connectivity index (χ3n) is 3.65. The average molecular weight is 328 g/mol. The second kappa shape index (κ2) is 5.83. The molecule has 0 spiro atoms. The van der Waals surface area contributed by atoms with Gasteiger partial charge in [0, 0.05) is 11.1 Å². The zero-order chi connectivity index (χ0) is 14.9. The zero-order valence-electron chi connectivity index (χ0n) is 11.3. The summed E-state index contributed by atoms with van der Waals surface area (Å²) in [5.41, 5.74) is 5.82. The molecule has 0 bridgehead atoms. The lowest BCUT2D eigenvalue weighted by Crippen LogP contribution is -2.34. The van der Waals surface area contributed by atoms with Crippen LogP contribution >= 0.6 is 23.2 Å². The fourth-order valence-electron chi connectivity index (χ4n) is 2.47. The van der Waals surface area contributed by atoms with E-state index in [1.165, 1.54) is 0 Å². The van der Waals surface area contributed by atoms with Gasteiger partial charge in [-0.25, -0.2) is 0 Å². The molecule has 1 saturated carbocycles. The van der Waals surface area contributed by atoms with Crippen molar-refractivity contribution in [3.8, 4) is 5.75 Å². The van der Waals surface area contributed by atoms with Crippen LogP contribution < -0.4 is 10.5 Å². The van der Waals surface area contributed by atoms with E-state index >= 15 is 0 Å². The molecule has 0 unspecified atom stereocenters. The Balaban J connectivity index is 1.69. The smallest absolute Gasteiger partial charge is 0.264 e. The van der Waals surface area contributed by atoms with Crippen LogP contribution in [0.4, 0.5) is 0 Å². The van der Waals surface area contributed by atoms with Gasteiger partial charge >= 0.3 is 0 Å². The molecule has 112 valence electrons. The summed E-state index contributed by atoms with van der Waals surface area (Å²) in [4.78, 5) is 4.33. The summed E-state index contributed by atoms with van der Waals surface area (Å²) in [5, 5.41) is 5.00. The normalized spacial score (nSPS) is 17.1. The molecule has 0 aliphatic heterocycles. The SMILES string of the molecule is NC1(c2noc(COc3cc(Cl)ccc3Cl)n2)CCCC1. The topological polar surface area (TPSA) is 74.2 Å². The minimum absolute atomic E-state index is 0.128. The first-order valence-corrected chi connectivity index (χ1v) is 7.52. The van der Waals surface area contributed by atoms with E-state index in [0.717, 1.165) is 25.7 Å². The van der Waals surface area contributed by atoms with Crippen molar-refractivity contribution >= 4 is 23.2 Å².